The SMILES string of the molecule is CS.Cn1c(C(=O)Nc2cccc(CO)c2COc2ccc(OC3CCN(C(=O)OC(C)(C)C)CC3)cc2)cc2sccc21. The summed E-state index contributed by atoms with van der Waals surface area (Å²) in [5.41, 5.74) is 3.04. The van der Waals surface area contributed by atoms with Crippen molar-refractivity contribution in [2.24, 2.45) is 7.05 Å². The van der Waals surface area contributed by atoms with Crippen LogP contribution >= 0.6 is 24.0 Å². The number of fused-ring (bicyclic) bond motifs is 1. The van der Waals surface area contributed by atoms with E-state index in [2.05, 4.69) is 17.9 Å². The predicted octanol–water partition coefficient (Wildman–Crippen LogP) is 6.89. The summed E-state index contributed by atoms with van der Waals surface area (Å²) in [6.45, 7) is 6.76. The summed E-state index contributed by atoms with van der Waals surface area (Å²) < 4.78 is 20.6. The number of aliphatic hydroxyl groups excluding tert-OH is 1. The van der Waals surface area contributed by atoms with Crippen molar-refractivity contribution in [2.75, 3.05) is 24.7 Å². The number of nitrogens with zero attached hydrogens (tertiary/aromatic N) is 2. The maximum absolute atomic E-state index is 13.2. The molecule has 2 aromatic carbocycles. The Balaban J connectivity index is 0.00000216. The van der Waals surface area contributed by atoms with E-state index in [4.69, 9.17) is 14.2 Å². The number of ether oxygens (including phenoxy) is 3. The Morgan fingerprint density at radius 1 is 1.05 bits per heavy atom. The highest BCUT2D eigenvalue weighted by Crippen LogP contribution is 2.28. The van der Waals surface area contributed by atoms with Crippen LogP contribution in [0.3, 0.4) is 0 Å². The molecule has 2 N–H and O–H groups in total. The lowest BCUT2D eigenvalue weighted by Gasteiger charge is -2.33. The van der Waals surface area contributed by atoms with Crippen molar-refractivity contribution in [3.8, 4) is 11.5 Å². The van der Waals surface area contributed by atoms with Crippen LogP contribution in [0.4, 0.5) is 10.5 Å². The van der Waals surface area contributed by atoms with Gasteiger partial charge in [-0.05, 0) is 80.4 Å². The summed E-state index contributed by atoms with van der Waals surface area (Å²) in [4.78, 5) is 27.2. The zero-order chi connectivity index (χ0) is 31.9. The maximum Gasteiger partial charge on any atom is 0.410 e. The third-order valence-electron chi connectivity index (χ3n) is 7.19. The van der Waals surface area contributed by atoms with Crippen molar-refractivity contribution in [2.45, 2.75) is 58.5 Å². The second kappa shape index (κ2) is 14.9. The van der Waals surface area contributed by atoms with Gasteiger partial charge in [0.05, 0.1) is 16.8 Å². The summed E-state index contributed by atoms with van der Waals surface area (Å²) in [5, 5.41) is 15.0. The minimum Gasteiger partial charge on any atom is -0.490 e. The fourth-order valence-corrected chi connectivity index (χ4v) is 5.82. The first-order valence-electron chi connectivity index (χ1n) is 14.5. The number of rotatable bonds is 8. The number of hydrogen-bond acceptors (Lipinski definition) is 8. The van der Waals surface area contributed by atoms with Crippen LogP contribution in [-0.2, 0) is 25.0 Å². The van der Waals surface area contributed by atoms with E-state index in [0.717, 1.165) is 28.8 Å². The van der Waals surface area contributed by atoms with Gasteiger partial charge in [0.25, 0.3) is 5.91 Å². The Morgan fingerprint density at radius 3 is 2.36 bits per heavy atom. The molecule has 5 rings (SSSR count). The van der Waals surface area contributed by atoms with Crippen LogP contribution in [0.25, 0.3) is 10.2 Å². The number of hydrogen-bond donors (Lipinski definition) is 3. The van der Waals surface area contributed by atoms with Gasteiger partial charge < -0.3 is 34.1 Å². The van der Waals surface area contributed by atoms with Gasteiger partial charge in [-0.1, -0.05) is 12.1 Å². The maximum atomic E-state index is 13.2. The van der Waals surface area contributed by atoms with E-state index in [1.165, 1.54) is 0 Å². The molecule has 3 heterocycles. The molecule has 0 spiro atoms. The number of aryl methyl sites for hydroxylation is 1. The molecule has 9 nitrogen and oxygen atoms in total. The average Bonchev–Trinajstić information content (AvgIpc) is 3.60. The van der Waals surface area contributed by atoms with Gasteiger partial charge in [0.2, 0.25) is 0 Å². The highest BCUT2D eigenvalue weighted by molar-refractivity contribution is 7.79. The lowest BCUT2D eigenvalue weighted by Crippen LogP contribution is -2.44. The molecule has 1 aliphatic rings. The van der Waals surface area contributed by atoms with Crippen LogP contribution in [0.15, 0.2) is 60.0 Å². The molecular weight excluding hydrogens is 599 g/mol. The summed E-state index contributed by atoms with van der Waals surface area (Å²) >= 11 is 5.12. The largest absolute Gasteiger partial charge is 0.490 e. The first kappa shape index (κ1) is 33.2. The quantitative estimate of drug-likeness (QED) is 0.182. The topological polar surface area (TPSA) is 102 Å². The van der Waals surface area contributed by atoms with Crippen molar-refractivity contribution < 1.29 is 28.9 Å². The average molecular weight is 640 g/mol. The Morgan fingerprint density at radius 2 is 1.73 bits per heavy atom. The number of carbonyl (C=O) groups excluding carboxylic acids is 2. The molecule has 0 atom stereocenters. The van der Waals surface area contributed by atoms with E-state index in [-0.39, 0.29) is 31.3 Å². The van der Waals surface area contributed by atoms with Crippen LogP contribution in [0.1, 0.15) is 55.2 Å². The van der Waals surface area contributed by atoms with Crippen molar-refractivity contribution >= 4 is 51.9 Å². The third-order valence-corrected chi connectivity index (χ3v) is 8.04. The molecule has 0 unspecified atom stereocenters. The molecule has 1 saturated heterocycles. The minimum atomic E-state index is -0.511. The van der Waals surface area contributed by atoms with Crippen LogP contribution in [0, 0.1) is 0 Å². The molecule has 0 radical (unpaired) electrons. The fraction of sp³-hybridized carbons (Fsp3) is 0.394. The van der Waals surface area contributed by atoms with Gasteiger partial charge in [-0.2, -0.15) is 12.6 Å². The molecule has 1 fully saturated rings. The minimum absolute atomic E-state index is 0.0121. The van der Waals surface area contributed by atoms with E-state index in [9.17, 15) is 14.7 Å². The van der Waals surface area contributed by atoms with E-state index < -0.39 is 5.60 Å². The van der Waals surface area contributed by atoms with Gasteiger partial charge in [-0.3, -0.25) is 4.79 Å². The third kappa shape index (κ3) is 8.28. The molecule has 0 saturated carbocycles. The van der Waals surface area contributed by atoms with Gasteiger partial charge in [-0.15, -0.1) is 11.3 Å². The fourth-order valence-electron chi connectivity index (χ4n) is 4.97. The normalized spacial score (nSPS) is 13.7. The molecule has 236 valence electrons. The molecule has 1 aliphatic heterocycles. The molecule has 4 aromatic rings. The monoisotopic (exact) mass is 639 g/mol. The smallest absolute Gasteiger partial charge is 0.410 e. The number of carbonyl (C=O) groups is 2. The Bertz CT molecular complexity index is 1550. The van der Waals surface area contributed by atoms with Gasteiger partial charge in [0.1, 0.15) is 35.5 Å². The van der Waals surface area contributed by atoms with Gasteiger partial charge >= 0.3 is 6.09 Å². The number of thiophene rings is 1. The van der Waals surface area contributed by atoms with Gasteiger partial charge in [-0.25, -0.2) is 4.79 Å². The molecule has 0 aliphatic carbocycles. The Labute approximate surface area is 268 Å². The first-order chi connectivity index (χ1) is 21.1. The van der Waals surface area contributed by atoms with Crippen LogP contribution in [0.2, 0.25) is 0 Å². The van der Waals surface area contributed by atoms with E-state index >= 15 is 0 Å². The van der Waals surface area contributed by atoms with Crippen molar-refractivity contribution in [3.63, 3.8) is 0 Å². The summed E-state index contributed by atoms with van der Waals surface area (Å²) in [6, 6.07) is 16.7. The van der Waals surface area contributed by atoms with Gasteiger partial charge in [0, 0.05) is 44.2 Å². The van der Waals surface area contributed by atoms with Gasteiger partial charge in [0.15, 0.2) is 0 Å². The predicted molar refractivity (Wildman–Crippen MR) is 178 cm³/mol. The number of aliphatic hydroxyl groups is 1. The van der Waals surface area contributed by atoms with Crippen molar-refractivity contribution in [1.82, 2.24) is 9.47 Å². The number of nitrogens with one attached hydrogen (secondary N) is 1. The lowest BCUT2D eigenvalue weighted by molar-refractivity contribution is 0.0126. The van der Waals surface area contributed by atoms with Crippen molar-refractivity contribution in [3.05, 3.63) is 76.8 Å². The first-order valence-corrected chi connectivity index (χ1v) is 16.3. The number of benzene rings is 2. The number of likely N-dealkylation sites (tertiary alicyclic amines) is 1. The number of aromatic nitrogens is 1. The summed E-state index contributed by atoms with van der Waals surface area (Å²) in [7, 11) is 1.87. The van der Waals surface area contributed by atoms with E-state index in [1.807, 2.05) is 86.3 Å². The molecule has 2 amide bonds. The summed E-state index contributed by atoms with van der Waals surface area (Å²) in [5.74, 6) is 1.13. The number of thiol groups is 1. The van der Waals surface area contributed by atoms with Crippen LogP contribution < -0.4 is 14.8 Å². The zero-order valence-corrected chi connectivity index (χ0v) is 27.5. The number of anilines is 1. The zero-order valence-electron chi connectivity index (χ0n) is 25.8. The summed E-state index contributed by atoms with van der Waals surface area (Å²) in [6.07, 6.45) is 2.88. The van der Waals surface area contributed by atoms with E-state index in [1.54, 1.807) is 28.6 Å². The number of amides is 2. The second-order valence-corrected chi connectivity index (χ2v) is 12.3. The molecule has 2 aromatic heterocycles. The standard InChI is InChI=1S/C32H37N3O6S.CH4S/c1-32(2,3)41-31(38)35-15-12-24(13-16-35)40-23-10-8-22(9-11-23)39-20-25-21(19-36)6-5-7-26(25)33-30(37)28-18-29-27(34(28)4)14-17-42-29;1-2/h5-11,14,17-18,24,36H,12-13,15-16,19-20H2,1-4H3,(H,33,37);2H,1H3. The molecule has 11 heteroatoms. The molecular formula is C33H41N3O6S2. The lowest BCUT2D eigenvalue weighted by atomic mass is 10.1. The molecule has 44 heavy (non-hydrogen) atoms. The Kier molecular flexibility index (Phi) is 11.2. The second-order valence-electron chi connectivity index (χ2n) is 11.4. The Hall–Kier alpha value is -3.67. The molecule has 0 bridgehead atoms. The van der Waals surface area contributed by atoms with Crippen LogP contribution in [0.5, 0.6) is 11.5 Å². The highest BCUT2D eigenvalue weighted by Gasteiger charge is 2.27. The van der Waals surface area contributed by atoms with E-state index in [0.29, 0.717) is 41.3 Å². The number of piperidine rings is 1. The van der Waals surface area contributed by atoms with Crippen molar-refractivity contribution in [1.29, 1.82) is 0 Å². The van der Waals surface area contributed by atoms with Crippen LogP contribution in [-0.4, -0.2) is 57.6 Å². The highest BCUT2D eigenvalue weighted by atomic mass is 32.1.